The molecule has 0 saturated carbocycles. The number of benzene rings is 3. The molecule has 3 nitrogen and oxygen atoms in total. The second-order valence-corrected chi connectivity index (χ2v) is 5.92. The van der Waals surface area contributed by atoms with Crippen LogP contribution in [0.1, 0.15) is 18.4 Å². The number of hydrogen-bond donors (Lipinski definition) is 0. The molecule has 0 aromatic heterocycles. The summed E-state index contributed by atoms with van der Waals surface area (Å²) in [5, 5.41) is 0. The molecule has 3 rings (SSSR count). The Bertz CT molecular complexity index is 889. The van der Waals surface area contributed by atoms with Gasteiger partial charge in [-0.3, -0.25) is 4.79 Å². The minimum atomic E-state index is -0.587. The highest BCUT2D eigenvalue weighted by Gasteiger charge is 2.19. The Balaban J connectivity index is 1.75. The number of esters is 1. The van der Waals surface area contributed by atoms with Crippen molar-refractivity contribution in [3.05, 3.63) is 84.2 Å². The molecule has 0 unspecified atom stereocenters. The lowest BCUT2D eigenvalue weighted by Crippen LogP contribution is -2.16. The topological polar surface area (TPSA) is 35.5 Å². The van der Waals surface area contributed by atoms with Gasteiger partial charge < -0.3 is 9.47 Å². The SMILES string of the molecule is COc1ccc(OC(=O)[C@H](C)c2ccc(-c3ccccc3)c(F)c2)cc1. The number of carbonyl (C=O) groups excluding carboxylic acids is 1. The number of hydrogen-bond acceptors (Lipinski definition) is 3. The molecule has 26 heavy (non-hydrogen) atoms. The quantitative estimate of drug-likeness (QED) is 0.468. The van der Waals surface area contributed by atoms with Crippen LogP contribution in [0.25, 0.3) is 11.1 Å². The van der Waals surface area contributed by atoms with Crippen molar-refractivity contribution in [3.63, 3.8) is 0 Å². The zero-order valence-electron chi connectivity index (χ0n) is 14.6. The van der Waals surface area contributed by atoms with Crippen LogP contribution in [0, 0.1) is 5.82 Å². The van der Waals surface area contributed by atoms with Crippen LogP contribution in [0.4, 0.5) is 4.39 Å². The lowest BCUT2D eigenvalue weighted by atomic mass is 9.97. The first kappa shape index (κ1) is 17.7. The van der Waals surface area contributed by atoms with E-state index in [4.69, 9.17) is 9.47 Å². The van der Waals surface area contributed by atoms with Gasteiger partial charge in [-0.25, -0.2) is 4.39 Å². The highest BCUT2D eigenvalue weighted by atomic mass is 19.1. The van der Waals surface area contributed by atoms with E-state index in [9.17, 15) is 9.18 Å². The fraction of sp³-hybridized carbons (Fsp3) is 0.136. The summed E-state index contributed by atoms with van der Waals surface area (Å²) in [6, 6.07) is 20.9. The van der Waals surface area contributed by atoms with Crippen molar-refractivity contribution in [2.45, 2.75) is 12.8 Å². The van der Waals surface area contributed by atoms with Crippen LogP contribution >= 0.6 is 0 Å². The Labute approximate surface area is 152 Å². The van der Waals surface area contributed by atoms with E-state index in [1.54, 1.807) is 50.4 Å². The lowest BCUT2D eigenvalue weighted by molar-refractivity contribution is -0.135. The molecule has 3 aromatic carbocycles. The summed E-state index contributed by atoms with van der Waals surface area (Å²) in [5.74, 6) is -0.295. The third kappa shape index (κ3) is 3.91. The highest BCUT2D eigenvalue weighted by molar-refractivity contribution is 5.80. The van der Waals surface area contributed by atoms with Gasteiger partial charge in [0.15, 0.2) is 0 Å². The fourth-order valence-corrected chi connectivity index (χ4v) is 2.64. The monoisotopic (exact) mass is 350 g/mol. The summed E-state index contributed by atoms with van der Waals surface area (Å²) in [5.41, 5.74) is 1.87. The van der Waals surface area contributed by atoms with Gasteiger partial charge in [-0.1, -0.05) is 42.5 Å². The Hall–Kier alpha value is -3.14. The normalized spacial score (nSPS) is 11.7. The van der Waals surface area contributed by atoms with E-state index >= 15 is 0 Å². The minimum absolute atomic E-state index is 0.363. The van der Waals surface area contributed by atoms with Crippen molar-refractivity contribution in [3.8, 4) is 22.6 Å². The fourth-order valence-electron chi connectivity index (χ4n) is 2.64. The van der Waals surface area contributed by atoms with Crippen molar-refractivity contribution in [2.75, 3.05) is 7.11 Å². The summed E-state index contributed by atoms with van der Waals surface area (Å²) in [7, 11) is 1.57. The van der Waals surface area contributed by atoms with Crippen LogP contribution < -0.4 is 9.47 Å². The van der Waals surface area contributed by atoms with E-state index in [-0.39, 0.29) is 5.82 Å². The Kier molecular flexibility index (Phi) is 5.32. The molecule has 0 aliphatic heterocycles. The lowest BCUT2D eigenvalue weighted by Gasteiger charge is -2.13. The zero-order valence-corrected chi connectivity index (χ0v) is 14.6. The summed E-state index contributed by atoms with van der Waals surface area (Å²) in [4.78, 5) is 12.4. The van der Waals surface area contributed by atoms with E-state index in [0.717, 1.165) is 5.56 Å². The molecule has 0 amide bonds. The summed E-state index contributed by atoms with van der Waals surface area (Å²) in [6.45, 7) is 1.70. The molecule has 1 atom stereocenters. The van der Waals surface area contributed by atoms with Crippen molar-refractivity contribution in [2.24, 2.45) is 0 Å². The average Bonchev–Trinajstić information content (AvgIpc) is 2.68. The molecule has 132 valence electrons. The summed E-state index contributed by atoms with van der Waals surface area (Å²) < 4.78 is 24.9. The maximum atomic E-state index is 14.5. The number of methoxy groups -OCH3 is 1. The number of rotatable bonds is 5. The molecule has 4 heteroatoms. The van der Waals surface area contributed by atoms with Crippen molar-refractivity contribution >= 4 is 5.97 Å². The Morgan fingerprint density at radius 2 is 1.58 bits per heavy atom. The third-order valence-corrected chi connectivity index (χ3v) is 4.21. The largest absolute Gasteiger partial charge is 0.497 e. The van der Waals surface area contributed by atoms with Crippen LogP contribution in [-0.2, 0) is 4.79 Å². The van der Waals surface area contributed by atoms with Crippen molar-refractivity contribution in [1.82, 2.24) is 0 Å². The maximum Gasteiger partial charge on any atom is 0.318 e. The predicted molar refractivity (Wildman–Crippen MR) is 98.9 cm³/mol. The average molecular weight is 350 g/mol. The molecule has 0 saturated heterocycles. The second-order valence-electron chi connectivity index (χ2n) is 5.92. The first-order valence-corrected chi connectivity index (χ1v) is 8.29. The van der Waals surface area contributed by atoms with E-state index in [1.165, 1.54) is 6.07 Å². The molecule has 3 aromatic rings. The predicted octanol–water partition coefficient (Wildman–Crippen LogP) is 5.21. The van der Waals surface area contributed by atoms with Gasteiger partial charge in [-0.05, 0) is 48.4 Å². The van der Waals surface area contributed by atoms with E-state index in [0.29, 0.717) is 22.6 Å². The van der Waals surface area contributed by atoms with Gasteiger partial charge in [-0.15, -0.1) is 0 Å². The minimum Gasteiger partial charge on any atom is -0.497 e. The smallest absolute Gasteiger partial charge is 0.318 e. The van der Waals surface area contributed by atoms with Crippen LogP contribution in [0.3, 0.4) is 0 Å². The number of carbonyl (C=O) groups is 1. The molecule has 0 N–H and O–H groups in total. The maximum absolute atomic E-state index is 14.5. The molecule has 0 heterocycles. The molecule has 0 bridgehead atoms. The second kappa shape index (κ2) is 7.83. The molecule has 0 radical (unpaired) electrons. The standard InChI is InChI=1S/C22H19FO3/c1-15(22(24)26-19-11-9-18(25-2)10-12-19)17-8-13-20(21(23)14-17)16-6-4-3-5-7-16/h3-15H,1-2H3/t15-/m1/s1. The van der Waals surface area contributed by atoms with Crippen LogP contribution in [-0.4, -0.2) is 13.1 Å². The van der Waals surface area contributed by atoms with Crippen molar-refractivity contribution < 1.29 is 18.7 Å². The molecule has 0 spiro atoms. The van der Waals surface area contributed by atoms with Gasteiger partial charge >= 0.3 is 5.97 Å². The summed E-state index contributed by atoms with van der Waals surface area (Å²) >= 11 is 0. The van der Waals surface area contributed by atoms with E-state index in [2.05, 4.69) is 0 Å². The molecular weight excluding hydrogens is 331 g/mol. The number of halogens is 1. The van der Waals surface area contributed by atoms with Crippen LogP contribution in [0.2, 0.25) is 0 Å². The van der Waals surface area contributed by atoms with E-state index in [1.807, 2.05) is 30.3 Å². The van der Waals surface area contributed by atoms with Gasteiger partial charge in [0.05, 0.1) is 13.0 Å². The van der Waals surface area contributed by atoms with Crippen molar-refractivity contribution in [1.29, 1.82) is 0 Å². The molecule has 0 aliphatic rings. The molecule has 0 aliphatic carbocycles. The van der Waals surface area contributed by atoms with Gasteiger partial charge in [-0.2, -0.15) is 0 Å². The molecule has 0 fully saturated rings. The van der Waals surface area contributed by atoms with Crippen LogP contribution in [0.15, 0.2) is 72.8 Å². The Morgan fingerprint density at radius 3 is 2.19 bits per heavy atom. The van der Waals surface area contributed by atoms with Gasteiger partial charge in [0.2, 0.25) is 0 Å². The van der Waals surface area contributed by atoms with Gasteiger partial charge in [0.25, 0.3) is 0 Å². The van der Waals surface area contributed by atoms with Gasteiger partial charge in [0, 0.05) is 5.56 Å². The molecular formula is C22H19FO3. The number of ether oxygens (including phenoxy) is 2. The summed E-state index contributed by atoms with van der Waals surface area (Å²) in [6.07, 6.45) is 0. The highest BCUT2D eigenvalue weighted by Crippen LogP contribution is 2.27. The first-order valence-electron chi connectivity index (χ1n) is 8.29. The first-order chi connectivity index (χ1) is 12.6. The Morgan fingerprint density at radius 1 is 0.923 bits per heavy atom. The van der Waals surface area contributed by atoms with E-state index < -0.39 is 11.9 Å². The zero-order chi connectivity index (χ0) is 18.5. The van der Waals surface area contributed by atoms with Crippen LogP contribution in [0.5, 0.6) is 11.5 Å². The van der Waals surface area contributed by atoms with Gasteiger partial charge in [0.1, 0.15) is 17.3 Å². The third-order valence-electron chi connectivity index (χ3n) is 4.21.